The summed E-state index contributed by atoms with van der Waals surface area (Å²) < 4.78 is 5.73. The lowest BCUT2D eigenvalue weighted by atomic mass is 9.70. The Bertz CT molecular complexity index is 141. The van der Waals surface area contributed by atoms with E-state index in [-0.39, 0.29) is 0 Å². The van der Waals surface area contributed by atoms with Crippen LogP contribution in [0.15, 0.2) is 0 Å². The van der Waals surface area contributed by atoms with Crippen LogP contribution in [-0.4, -0.2) is 12.2 Å². The van der Waals surface area contributed by atoms with Crippen LogP contribution in [0.5, 0.6) is 0 Å². The lowest BCUT2D eigenvalue weighted by Gasteiger charge is -2.43. The molecule has 1 aliphatic heterocycles. The van der Waals surface area contributed by atoms with E-state index in [1.54, 1.807) is 0 Å². The van der Waals surface area contributed by atoms with Gasteiger partial charge in [0.15, 0.2) is 0 Å². The first-order chi connectivity index (χ1) is 5.44. The maximum absolute atomic E-state index is 5.73. The zero-order valence-electron chi connectivity index (χ0n) is 9.05. The molecule has 1 aliphatic rings. The van der Waals surface area contributed by atoms with Crippen molar-refractivity contribution in [2.75, 3.05) is 0 Å². The Morgan fingerprint density at radius 1 is 1.17 bits per heavy atom. The lowest BCUT2D eigenvalue weighted by molar-refractivity contribution is -0.0954. The second-order valence-corrected chi connectivity index (χ2v) is 4.97. The SMILES string of the molecule is CC1CC(C)(C(C)C)CC(C)O1. The maximum Gasteiger partial charge on any atom is 0.0555 e. The number of rotatable bonds is 1. The Morgan fingerprint density at radius 2 is 1.58 bits per heavy atom. The summed E-state index contributed by atoms with van der Waals surface area (Å²) in [5.41, 5.74) is 0.497. The summed E-state index contributed by atoms with van der Waals surface area (Å²) in [6.45, 7) is 11.4. The topological polar surface area (TPSA) is 9.23 Å². The molecule has 0 radical (unpaired) electrons. The molecule has 1 nitrogen and oxygen atoms in total. The summed E-state index contributed by atoms with van der Waals surface area (Å²) in [6.07, 6.45) is 3.33. The molecule has 1 heteroatoms. The van der Waals surface area contributed by atoms with E-state index in [0.29, 0.717) is 17.6 Å². The normalized spacial score (nSPS) is 43.5. The average molecular weight is 170 g/mol. The van der Waals surface area contributed by atoms with E-state index in [0.717, 1.165) is 5.92 Å². The van der Waals surface area contributed by atoms with Crippen molar-refractivity contribution in [2.45, 2.75) is 59.7 Å². The molecule has 2 unspecified atom stereocenters. The molecule has 12 heavy (non-hydrogen) atoms. The predicted molar refractivity (Wildman–Crippen MR) is 52.2 cm³/mol. The van der Waals surface area contributed by atoms with Gasteiger partial charge in [-0.05, 0) is 38.0 Å². The van der Waals surface area contributed by atoms with Crippen LogP contribution in [0.25, 0.3) is 0 Å². The van der Waals surface area contributed by atoms with Crippen LogP contribution >= 0.6 is 0 Å². The van der Waals surface area contributed by atoms with Crippen molar-refractivity contribution in [1.29, 1.82) is 0 Å². The first-order valence-corrected chi connectivity index (χ1v) is 5.09. The third-order valence-electron chi connectivity index (χ3n) is 3.37. The van der Waals surface area contributed by atoms with E-state index in [1.165, 1.54) is 12.8 Å². The smallest absolute Gasteiger partial charge is 0.0555 e. The van der Waals surface area contributed by atoms with Crippen LogP contribution in [0.1, 0.15) is 47.5 Å². The van der Waals surface area contributed by atoms with Gasteiger partial charge < -0.3 is 4.74 Å². The Balaban J connectivity index is 2.65. The molecule has 1 rings (SSSR count). The highest BCUT2D eigenvalue weighted by atomic mass is 16.5. The molecule has 0 aromatic heterocycles. The third kappa shape index (κ3) is 2.01. The van der Waals surface area contributed by atoms with Gasteiger partial charge in [0.05, 0.1) is 12.2 Å². The molecule has 72 valence electrons. The molecular formula is C11H22O. The molecule has 2 atom stereocenters. The first kappa shape index (κ1) is 10.0. The van der Waals surface area contributed by atoms with E-state index in [1.807, 2.05) is 0 Å². The van der Waals surface area contributed by atoms with Gasteiger partial charge in [-0.2, -0.15) is 0 Å². The Kier molecular flexibility index (Phi) is 2.82. The van der Waals surface area contributed by atoms with Gasteiger partial charge in [0.1, 0.15) is 0 Å². The van der Waals surface area contributed by atoms with Crippen molar-refractivity contribution in [1.82, 2.24) is 0 Å². The Hall–Kier alpha value is -0.0400. The zero-order chi connectivity index (χ0) is 9.35. The number of ether oxygens (including phenoxy) is 1. The van der Waals surface area contributed by atoms with Crippen LogP contribution in [0.2, 0.25) is 0 Å². The zero-order valence-corrected chi connectivity index (χ0v) is 9.05. The number of hydrogen-bond donors (Lipinski definition) is 0. The molecule has 0 aromatic carbocycles. The largest absolute Gasteiger partial charge is 0.376 e. The van der Waals surface area contributed by atoms with Gasteiger partial charge in [0.25, 0.3) is 0 Å². The molecule has 0 N–H and O–H groups in total. The highest BCUT2D eigenvalue weighted by molar-refractivity contribution is 4.85. The van der Waals surface area contributed by atoms with Gasteiger partial charge in [-0.1, -0.05) is 20.8 Å². The fraction of sp³-hybridized carbons (Fsp3) is 1.00. The van der Waals surface area contributed by atoms with Crippen molar-refractivity contribution in [3.8, 4) is 0 Å². The van der Waals surface area contributed by atoms with Crippen molar-refractivity contribution >= 4 is 0 Å². The summed E-state index contributed by atoms with van der Waals surface area (Å²) >= 11 is 0. The molecular weight excluding hydrogens is 148 g/mol. The van der Waals surface area contributed by atoms with Crippen LogP contribution in [0.4, 0.5) is 0 Å². The van der Waals surface area contributed by atoms with E-state index in [2.05, 4.69) is 34.6 Å². The van der Waals surface area contributed by atoms with Crippen LogP contribution in [0.3, 0.4) is 0 Å². The fourth-order valence-corrected chi connectivity index (χ4v) is 2.36. The second-order valence-electron chi connectivity index (χ2n) is 4.97. The van der Waals surface area contributed by atoms with Gasteiger partial charge in [0, 0.05) is 0 Å². The van der Waals surface area contributed by atoms with E-state index < -0.39 is 0 Å². The standard InChI is InChI=1S/C11H22O/c1-8(2)11(5)6-9(3)12-10(4)7-11/h8-10H,6-7H2,1-5H3. The second kappa shape index (κ2) is 3.37. The molecule has 0 aliphatic carbocycles. The maximum atomic E-state index is 5.73. The van der Waals surface area contributed by atoms with Crippen molar-refractivity contribution in [3.63, 3.8) is 0 Å². The molecule has 0 amide bonds. The summed E-state index contributed by atoms with van der Waals surface area (Å²) in [5, 5.41) is 0. The lowest BCUT2D eigenvalue weighted by Crippen LogP contribution is -2.39. The molecule has 1 fully saturated rings. The van der Waals surface area contributed by atoms with E-state index >= 15 is 0 Å². The molecule has 1 saturated heterocycles. The fourth-order valence-electron chi connectivity index (χ4n) is 2.36. The highest BCUT2D eigenvalue weighted by Gasteiger charge is 2.36. The van der Waals surface area contributed by atoms with Crippen LogP contribution in [0, 0.1) is 11.3 Å². The summed E-state index contributed by atoms with van der Waals surface area (Å²) in [6, 6.07) is 0. The predicted octanol–water partition coefficient (Wildman–Crippen LogP) is 3.24. The first-order valence-electron chi connectivity index (χ1n) is 5.09. The summed E-state index contributed by atoms with van der Waals surface area (Å²) in [4.78, 5) is 0. The van der Waals surface area contributed by atoms with Crippen molar-refractivity contribution in [2.24, 2.45) is 11.3 Å². The van der Waals surface area contributed by atoms with Gasteiger partial charge in [-0.15, -0.1) is 0 Å². The highest BCUT2D eigenvalue weighted by Crippen LogP contribution is 2.41. The summed E-state index contributed by atoms with van der Waals surface area (Å²) in [7, 11) is 0. The molecule has 1 heterocycles. The monoisotopic (exact) mass is 170 g/mol. The van der Waals surface area contributed by atoms with Gasteiger partial charge >= 0.3 is 0 Å². The Morgan fingerprint density at radius 3 is 1.92 bits per heavy atom. The van der Waals surface area contributed by atoms with Gasteiger partial charge in [0.2, 0.25) is 0 Å². The molecule has 0 aromatic rings. The quantitative estimate of drug-likeness (QED) is 0.587. The minimum absolute atomic E-state index is 0.446. The van der Waals surface area contributed by atoms with Crippen molar-refractivity contribution in [3.05, 3.63) is 0 Å². The van der Waals surface area contributed by atoms with Crippen molar-refractivity contribution < 1.29 is 4.74 Å². The van der Waals surface area contributed by atoms with E-state index in [4.69, 9.17) is 4.74 Å². The third-order valence-corrected chi connectivity index (χ3v) is 3.37. The van der Waals surface area contributed by atoms with Crippen LogP contribution in [-0.2, 0) is 4.74 Å². The minimum Gasteiger partial charge on any atom is -0.376 e. The van der Waals surface area contributed by atoms with Crippen LogP contribution < -0.4 is 0 Å². The molecule has 0 saturated carbocycles. The summed E-state index contributed by atoms with van der Waals surface area (Å²) in [5.74, 6) is 0.770. The van der Waals surface area contributed by atoms with E-state index in [9.17, 15) is 0 Å². The van der Waals surface area contributed by atoms with Gasteiger partial charge in [-0.25, -0.2) is 0 Å². The Labute approximate surface area is 76.5 Å². The molecule has 0 spiro atoms. The minimum atomic E-state index is 0.446. The average Bonchev–Trinajstić information content (AvgIpc) is 1.82. The van der Waals surface area contributed by atoms with Gasteiger partial charge in [-0.3, -0.25) is 0 Å². The number of hydrogen-bond acceptors (Lipinski definition) is 1. The molecule has 0 bridgehead atoms.